The predicted molar refractivity (Wildman–Crippen MR) is 76.8 cm³/mol. The number of likely N-dealkylation sites (N-methyl/N-ethyl adjacent to an activating group) is 2. The van der Waals surface area contributed by atoms with Crippen LogP contribution in [0.1, 0.15) is 26.7 Å². The third-order valence-electron chi connectivity index (χ3n) is 2.09. The van der Waals surface area contributed by atoms with Gasteiger partial charge in [-0.1, -0.05) is 20.3 Å². The van der Waals surface area contributed by atoms with E-state index in [0.29, 0.717) is 12.5 Å². The quantitative estimate of drug-likeness (QED) is 0.706. The Morgan fingerprint density at radius 2 is 1.38 bits per heavy atom. The van der Waals surface area contributed by atoms with Gasteiger partial charge in [-0.25, -0.2) is 0 Å². The maximum atomic E-state index is 8.47. The van der Waals surface area contributed by atoms with Crippen LogP contribution >= 0.6 is 0 Å². The van der Waals surface area contributed by atoms with Gasteiger partial charge >= 0.3 is 48.9 Å². The zero-order valence-electron chi connectivity index (χ0n) is 11.5. The average molecular weight is 358 g/mol. The Labute approximate surface area is 143 Å². The van der Waals surface area contributed by atoms with Crippen LogP contribution in [0.25, 0.3) is 0 Å². The molecule has 0 aliphatic rings. The van der Waals surface area contributed by atoms with Gasteiger partial charge in [-0.15, -0.1) is 0 Å². The Morgan fingerprint density at radius 1 is 1.00 bits per heavy atom. The van der Waals surface area contributed by atoms with E-state index in [1.54, 1.807) is 0 Å². The summed E-state index contributed by atoms with van der Waals surface area (Å²) in [5, 5.41) is 8.47. The molecule has 1 atom stereocenters. The first-order valence-electron chi connectivity index (χ1n) is 5.84. The standard InChI is InChI=1S/C6H16N2.C6H14O.Ba.2H/c1-7(2)5-6-8(3)4;1-3-4-6(2)5-7;;;/h5-6H2,1-4H3;6-7H,3-5H2,1-2H3;;;. The van der Waals surface area contributed by atoms with E-state index < -0.39 is 0 Å². The summed E-state index contributed by atoms with van der Waals surface area (Å²) >= 11 is 0. The first-order valence-corrected chi connectivity index (χ1v) is 5.84. The second-order valence-electron chi connectivity index (χ2n) is 4.68. The van der Waals surface area contributed by atoms with E-state index in [4.69, 9.17) is 5.11 Å². The molecule has 0 heterocycles. The molecule has 0 saturated heterocycles. The Hall–Kier alpha value is 1.45. The van der Waals surface area contributed by atoms with Crippen molar-refractivity contribution in [2.45, 2.75) is 26.7 Å². The van der Waals surface area contributed by atoms with Gasteiger partial charge in [0.1, 0.15) is 0 Å². The normalized spacial score (nSPS) is 11.8. The molecule has 0 radical (unpaired) electrons. The summed E-state index contributed by atoms with van der Waals surface area (Å²) < 4.78 is 0. The summed E-state index contributed by atoms with van der Waals surface area (Å²) in [6.07, 6.45) is 2.33. The number of rotatable bonds is 6. The van der Waals surface area contributed by atoms with Crippen LogP contribution in [-0.4, -0.2) is 112 Å². The molecule has 0 bridgehead atoms. The molecule has 1 N–H and O–H groups in total. The second-order valence-corrected chi connectivity index (χ2v) is 4.68. The Bertz CT molecular complexity index is 114. The molecular weight excluding hydrogens is 325 g/mol. The van der Waals surface area contributed by atoms with Gasteiger partial charge in [0.15, 0.2) is 0 Å². The van der Waals surface area contributed by atoms with E-state index in [1.165, 1.54) is 6.42 Å². The fraction of sp³-hybridized carbons (Fsp3) is 1.00. The minimum atomic E-state index is 0. The summed E-state index contributed by atoms with van der Waals surface area (Å²) in [5.41, 5.74) is 0. The molecule has 16 heavy (non-hydrogen) atoms. The van der Waals surface area contributed by atoms with Crippen molar-refractivity contribution in [2.24, 2.45) is 5.92 Å². The van der Waals surface area contributed by atoms with Crippen LogP contribution in [0.2, 0.25) is 0 Å². The first kappa shape index (κ1) is 22.6. The molecule has 0 aromatic heterocycles. The average Bonchev–Trinajstić information content (AvgIpc) is 2.16. The third-order valence-corrected chi connectivity index (χ3v) is 2.09. The second kappa shape index (κ2) is 16.5. The van der Waals surface area contributed by atoms with Gasteiger partial charge in [-0.3, -0.25) is 0 Å². The van der Waals surface area contributed by atoms with E-state index in [-0.39, 0.29) is 48.9 Å². The van der Waals surface area contributed by atoms with Crippen LogP contribution in [0, 0.1) is 5.92 Å². The van der Waals surface area contributed by atoms with Gasteiger partial charge in [0.05, 0.1) is 0 Å². The van der Waals surface area contributed by atoms with Crippen LogP contribution in [0.3, 0.4) is 0 Å². The van der Waals surface area contributed by atoms with Gasteiger partial charge in [-0.2, -0.15) is 0 Å². The zero-order valence-corrected chi connectivity index (χ0v) is 11.5. The van der Waals surface area contributed by atoms with E-state index in [9.17, 15) is 0 Å². The van der Waals surface area contributed by atoms with Crippen molar-refractivity contribution in [3.05, 3.63) is 0 Å². The molecule has 4 heteroatoms. The molecule has 0 saturated carbocycles. The molecule has 3 nitrogen and oxygen atoms in total. The SMILES string of the molecule is CCCC(C)CO.CN(C)CCN(C)C.[BaH2]. The monoisotopic (exact) mass is 358 g/mol. The predicted octanol–water partition coefficient (Wildman–Crippen LogP) is 0.608. The number of aliphatic hydroxyl groups excluding tert-OH is 1. The molecule has 1 unspecified atom stereocenters. The fourth-order valence-electron chi connectivity index (χ4n) is 0.984. The number of nitrogens with zero attached hydrogens (tertiary/aromatic N) is 2. The van der Waals surface area contributed by atoms with Crippen molar-refractivity contribution in [1.29, 1.82) is 0 Å². The maximum absolute atomic E-state index is 8.47. The molecule has 0 aliphatic heterocycles. The number of aliphatic hydroxyl groups is 1. The van der Waals surface area contributed by atoms with Gasteiger partial charge < -0.3 is 14.9 Å². The van der Waals surface area contributed by atoms with Gasteiger partial charge in [0, 0.05) is 19.7 Å². The van der Waals surface area contributed by atoms with Crippen molar-refractivity contribution in [2.75, 3.05) is 47.9 Å². The fourth-order valence-corrected chi connectivity index (χ4v) is 0.984. The van der Waals surface area contributed by atoms with Crippen molar-refractivity contribution >= 4 is 48.9 Å². The Morgan fingerprint density at radius 3 is 1.50 bits per heavy atom. The van der Waals surface area contributed by atoms with E-state index in [1.807, 2.05) is 0 Å². The van der Waals surface area contributed by atoms with Crippen molar-refractivity contribution < 1.29 is 5.11 Å². The molecule has 0 aromatic rings. The Balaban J connectivity index is -0.000000200. The van der Waals surface area contributed by atoms with Crippen molar-refractivity contribution in [3.63, 3.8) is 0 Å². The molecule has 0 amide bonds. The first-order chi connectivity index (χ1) is 6.93. The van der Waals surface area contributed by atoms with Crippen LogP contribution in [0.15, 0.2) is 0 Å². The number of hydrogen-bond acceptors (Lipinski definition) is 3. The molecule has 0 rings (SSSR count). The minimum absolute atomic E-state index is 0. The molecular formula is C12H32BaN2O. The Kier molecular flexibility index (Phi) is 23.3. The van der Waals surface area contributed by atoms with Crippen LogP contribution in [0.4, 0.5) is 0 Å². The molecule has 0 fully saturated rings. The van der Waals surface area contributed by atoms with Crippen LogP contribution < -0.4 is 0 Å². The van der Waals surface area contributed by atoms with Gasteiger partial charge in [0.2, 0.25) is 0 Å². The summed E-state index contributed by atoms with van der Waals surface area (Å²) in [7, 11) is 8.35. The van der Waals surface area contributed by atoms with Gasteiger partial charge in [0.25, 0.3) is 0 Å². The third kappa shape index (κ3) is 24.6. The van der Waals surface area contributed by atoms with E-state index in [0.717, 1.165) is 19.5 Å². The van der Waals surface area contributed by atoms with Crippen LogP contribution in [0.5, 0.6) is 0 Å². The summed E-state index contributed by atoms with van der Waals surface area (Å²) in [6.45, 7) is 6.82. The molecule has 0 aromatic carbocycles. The van der Waals surface area contributed by atoms with Crippen LogP contribution in [-0.2, 0) is 0 Å². The number of hydrogen-bond donors (Lipinski definition) is 1. The zero-order chi connectivity index (χ0) is 12.3. The van der Waals surface area contributed by atoms with Crippen molar-refractivity contribution in [1.82, 2.24) is 9.80 Å². The molecule has 0 aliphatic carbocycles. The van der Waals surface area contributed by atoms with Gasteiger partial charge in [-0.05, 0) is 40.5 Å². The van der Waals surface area contributed by atoms with Crippen molar-refractivity contribution in [3.8, 4) is 0 Å². The summed E-state index contributed by atoms with van der Waals surface area (Å²) in [5.74, 6) is 0.505. The summed E-state index contributed by atoms with van der Waals surface area (Å²) in [6, 6.07) is 0. The summed E-state index contributed by atoms with van der Waals surface area (Å²) in [4.78, 5) is 4.36. The van der Waals surface area contributed by atoms with E-state index >= 15 is 0 Å². The topological polar surface area (TPSA) is 26.7 Å². The molecule has 0 spiro atoms. The molecule has 98 valence electrons. The van der Waals surface area contributed by atoms with E-state index in [2.05, 4.69) is 51.8 Å².